The molecule has 3 rings (SSSR count). The number of nitrogens with zero attached hydrogens (tertiary/aromatic N) is 1. The van der Waals surface area contributed by atoms with E-state index in [1.807, 2.05) is 18.2 Å². The minimum atomic E-state index is -0.523. The van der Waals surface area contributed by atoms with Crippen molar-refractivity contribution >= 4 is 46.5 Å². The van der Waals surface area contributed by atoms with Gasteiger partial charge in [-0.05, 0) is 35.9 Å². The molecule has 2 aromatic carbocycles. The molecule has 0 bridgehead atoms. The predicted octanol–water partition coefficient (Wildman–Crippen LogP) is 5.07. The summed E-state index contributed by atoms with van der Waals surface area (Å²) in [5, 5.41) is 4.10. The molecule has 0 atom stereocenters. The van der Waals surface area contributed by atoms with Crippen molar-refractivity contribution in [1.29, 1.82) is 0 Å². The molecule has 0 fully saturated rings. The summed E-state index contributed by atoms with van der Waals surface area (Å²) in [5.74, 6) is -0.975. The number of carbonyl (C=O) groups is 2. The molecule has 1 heterocycles. The molecule has 1 N–H and O–H groups in total. The standard InChI is InChI=1S/C22H18Cl2N2O4/c23-17-7-3-8-18(24)21(17)26-19-9-2-1-5-15(19)13-20(27)29-11-12-30-22(28)16-6-4-10-25-14-16/h1-10,14,26H,11-13H2. The van der Waals surface area contributed by atoms with Gasteiger partial charge in [0.1, 0.15) is 13.2 Å². The fourth-order valence-electron chi connectivity index (χ4n) is 2.61. The zero-order chi connectivity index (χ0) is 21.3. The molecule has 3 aromatic rings. The van der Waals surface area contributed by atoms with Gasteiger partial charge in [-0.2, -0.15) is 0 Å². The van der Waals surface area contributed by atoms with E-state index in [1.165, 1.54) is 6.20 Å². The lowest BCUT2D eigenvalue weighted by atomic mass is 10.1. The van der Waals surface area contributed by atoms with E-state index in [1.54, 1.807) is 42.6 Å². The van der Waals surface area contributed by atoms with E-state index >= 15 is 0 Å². The fraction of sp³-hybridized carbons (Fsp3) is 0.136. The van der Waals surface area contributed by atoms with E-state index in [2.05, 4.69) is 10.3 Å². The van der Waals surface area contributed by atoms with Crippen molar-refractivity contribution in [2.24, 2.45) is 0 Å². The molecule has 0 aliphatic rings. The Labute approximate surface area is 183 Å². The van der Waals surface area contributed by atoms with Crippen LogP contribution in [-0.4, -0.2) is 30.1 Å². The van der Waals surface area contributed by atoms with Crippen LogP contribution in [0.3, 0.4) is 0 Å². The maximum atomic E-state index is 12.2. The van der Waals surface area contributed by atoms with Crippen molar-refractivity contribution in [3.8, 4) is 0 Å². The summed E-state index contributed by atoms with van der Waals surface area (Å²) in [6, 6.07) is 15.7. The van der Waals surface area contributed by atoms with Crippen LogP contribution < -0.4 is 5.32 Å². The van der Waals surface area contributed by atoms with Crippen molar-refractivity contribution < 1.29 is 19.1 Å². The molecule has 0 aliphatic heterocycles. The van der Waals surface area contributed by atoms with Gasteiger partial charge in [-0.15, -0.1) is 0 Å². The monoisotopic (exact) mass is 444 g/mol. The van der Waals surface area contributed by atoms with E-state index in [-0.39, 0.29) is 19.6 Å². The van der Waals surface area contributed by atoms with Crippen LogP contribution in [0.2, 0.25) is 10.0 Å². The molecule has 30 heavy (non-hydrogen) atoms. The first-order chi connectivity index (χ1) is 14.5. The Hall–Kier alpha value is -3.09. The second-order valence-corrected chi connectivity index (χ2v) is 6.97. The van der Waals surface area contributed by atoms with Gasteiger partial charge in [0.25, 0.3) is 0 Å². The van der Waals surface area contributed by atoms with Crippen LogP contribution in [0.1, 0.15) is 15.9 Å². The lowest BCUT2D eigenvalue weighted by Crippen LogP contribution is -2.15. The molecule has 0 spiro atoms. The van der Waals surface area contributed by atoms with Gasteiger partial charge in [0, 0.05) is 18.1 Å². The van der Waals surface area contributed by atoms with Crippen molar-refractivity contribution in [2.75, 3.05) is 18.5 Å². The summed E-state index contributed by atoms with van der Waals surface area (Å²) in [6.07, 6.45) is 3.00. The Kier molecular flexibility index (Phi) is 7.65. The van der Waals surface area contributed by atoms with E-state index in [4.69, 9.17) is 32.7 Å². The molecule has 0 radical (unpaired) electrons. The number of para-hydroxylation sites is 2. The maximum absolute atomic E-state index is 12.2. The number of aromatic nitrogens is 1. The molecule has 1 aromatic heterocycles. The van der Waals surface area contributed by atoms with Gasteiger partial charge in [-0.25, -0.2) is 4.79 Å². The number of nitrogens with one attached hydrogen (secondary N) is 1. The highest BCUT2D eigenvalue weighted by molar-refractivity contribution is 6.39. The molecule has 0 unspecified atom stereocenters. The third-order valence-corrected chi connectivity index (χ3v) is 4.68. The third kappa shape index (κ3) is 5.95. The Balaban J connectivity index is 1.53. The minimum absolute atomic E-state index is 0.0296. The zero-order valence-electron chi connectivity index (χ0n) is 15.8. The van der Waals surface area contributed by atoms with Crippen molar-refractivity contribution in [3.63, 3.8) is 0 Å². The van der Waals surface area contributed by atoms with Gasteiger partial charge in [-0.3, -0.25) is 9.78 Å². The summed E-state index contributed by atoms with van der Waals surface area (Å²) >= 11 is 12.4. The molecule has 6 nitrogen and oxygen atoms in total. The Morgan fingerprint density at radius 3 is 2.37 bits per heavy atom. The van der Waals surface area contributed by atoms with Crippen LogP contribution in [0.5, 0.6) is 0 Å². The molecule has 154 valence electrons. The molecule has 0 saturated carbocycles. The first kappa shape index (κ1) is 21.6. The molecular formula is C22H18Cl2N2O4. The van der Waals surface area contributed by atoms with Crippen molar-refractivity contribution in [3.05, 3.63) is 88.2 Å². The number of ether oxygens (including phenoxy) is 2. The van der Waals surface area contributed by atoms with Gasteiger partial charge in [-0.1, -0.05) is 47.5 Å². The smallest absolute Gasteiger partial charge is 0.339 e. The fourth-order valence-corrected chi connectivity index (χ4v) is 3.10. The molecule has 0 aliphatic carbocycles. The van der Waals surface area contributed by atoms with Crippen molar-refractivity contribution in [2.45, 2.75) is 6.42 Å². The van der Waals surface area contributed by atoms with Crippen LogP contribution in [0.25, 0.3) is 0 Å². The number of benzene rings is 2. The first-order valence-electron chi connectivity index (χ1n) is 9.06. The van der Waals surface area contributed by atoms with E-state index < -0.39 is 11.9 Å². The summed E-state index contributed by atoms with van der Waals surface area (Å²) in [7, 11) is 0. The van der Waals surface area contributed by atoms with Crippen LogP contribution in [0.15, 0.2) is 67.0 Å². The summed E-state index contributed by atoms with van der Waals surface area (Å²) < 4.78 is 10.2. The van der Waals surface area contributed by atoms with E-state index in [0.717, 1.165) is 0 Å². The second-order valence-electron chi connectivity index (χ2n) is 6.15. The molecule has 0 saturated heterocycles. The number of esters is 2. The van der Waals surface area contributed by atoms with Crippen LogP contribution in [0, 0.1) is 0 Å². The number of hydrogen-bond donors (Lipinski definition) is 1. The van der Waals surface area contributed by atoms with E-state index in [9.17, 15) is 9.59 Å². The predicted molar refractivity (Wildman–Crippen MR) is 115 cm³/mol. The summed E-state index contributed by atoms with van der Waals surface area (Å²) in [6.45, 7) is -0.0919. The first-order valence-corrected chi connectivity index (χ1v) is 9.82. The van der Waals surface area contributed by atoms with Gasteiger partial charge in [0.05, 0.1) is 27.7 Å². The number of carbonyl (C=O) groups excluding carboxylic acids is 2. The quantitative estimate of drug-likeness (QED) is 0.385. The van der Waals surface area contributed by atoms with Gasteiger partial charge >= 0.3 is 11.9 Å². The summed E-state index contributed by atoms with van der Waals surface area (Å²) in [4.78, 5) is 27.9. The summed E-state index contributed by atoms with van der Waals surface area (Å²) in [5.41, 5.74) is 2.30. The number of rotatable bonds is 8. The Morgan fingerprint density at radius 1 is 0.900 bits per heavy atom. The van der Waals surface area contributed by atoms with Gasteiger partial charge < -0.3 is 14.8 Å². The Bertz CT molecular complexity index is 1010. The van der Waals surface area contributed by atoms with Crippen LogP contribution >= 0.6 is 23.2 Å². The molecular weight excluding hydrogens is 427 g/mol. The molecule has 8 heteroatoms. The normalized spacial score (nSPS) is 10.3. The number of pyridine rings is 1. The molecule has 0 amide bonds. The van der Waals surface area contributed by atoms with Crippen LogP contribution in [-0.2, 0) is 20.7 Å². The number of halogens is 2. The van der Waals surface area contributed by atoms with Crippen LogP contribution in [0.4, 0.5) is 11.4 Å². The average molecular weight is 445 g/mol. The number of anilines is 2. The lowest BCUT2D eigenvalue weighted by molar-refractivity contribution is -0.143. The second kappa shape index (κ2) is 10.6. The largest absolute Gasteiger partial charge is 0.462 e. The average Bonchev–Trinajstić information content (AvgIpc) is 2.75. The highest BCUT2D eigenvalue weighted by atomic mass is 35.5. The van der Waals surface area contributed by atoms with Gasteiger partial charge in [0.15, 0.2) is 0 Å². The number of hydrogen-bond acceptors (Lipinski definition) is 6. The van der Waals surface area contributed by atoms with Crippen molar-refractivity contribution in [1.82, 2.24) is 4.98 Å². The van der Waals surface area contributed by atoms with Gasteiger partial charge in [0.2, 0.25) is 0 Å². The third-order valence-electron chi connectivity index (χ3n) is 4.05. The van der Waals surface area contributed by atoms with E-state index in [0.29, 0.717) is 32.5 Å². The highest BCUT2D eigenvalue weighted by Gasteiger charge is 2.13. The maximum Gasteiger partial charge on any atom is 0.339 e. The Morgan fingerprint density at radius 2 is 1.63 bits per heavy atom. The topological polar surface area (TPSA) is 77.5 Å². The zero-order valence-corrected chi connectivity index (χ0v) is 17.3. The minimum Gasteiger partial charge on any atom is -0.462 e. The SMILES string of the molecule is O=C(Cc1ccccc1Nc1c(Cl)cccc1Cl)OCCOC(=O)c1cccnc1. The lowest BCUT2D eigenvalue weighted by Gasteiger charge is -2.14. The highest BCUT2D eigenvalue weighted by Crippen LogP contribution is 2.33.